The molecule has 3 rings (SSSR count). The molecule has 18 nitrogen and oxygen atoms in total. The first kappa shape index (κ1) is 36.7. The Balaban J connectivity index is 1.90. The van der Waals surface area contributed by atoms with E-state index in [4.69, 9.17) is 35.2 Å². The summed E-state index contributed by atoms with van der Waals surface area (Å²) in [6, 6.07) is -4.13. The maximum absolute atomic E-state index is 11.5. The van der Waals surface area contributed by atoms with Gasteiger partial charge in [-0.1, -0.05) is 20.3 Å². The van der Waals surface area contributed by atoms with E-state index in [1.807, 2.05) is 0 Å². The zero-order chi connectivity index (χ0) is 32.2. The van der Waals surface area contributed by atoms with Crippen LogP contribution in [0.15, 0.2) is 0 Å². The second-order valence-corrected chi connectivity index (χ2v) is 11.3. The summed E-state index contributed by atoms with van der Waals surface area (Å²) in [5.41, 5.74) is 9.77. The average Bonchev–Trinajstić information content (AvgIpc) is 2.99. The lowest BCUT2D eigenvalue weighted by molar-refractivity contribution is -0.371. The maximum Gasteiger partial charge on any atom is 0.176 e. The molecule has 0 amide bonds. The number of aliphatic hydroxyl groups is 10. The van der Waals surface area contributed by atoms with Gasteiger partial charge >= 0.3 is 0 Å². The maximum atomic E-state index is 11.5. The lowest BCUT2D eigenvalue weighted by Gasteiger charge is -2.52. The summed E-state index contributed by atoms with van der Waals surface area (Å²) in [6.45, 7) is 0.963. The number of hydrogen-bond donors (Lipinski definition) is 13. The van der Waals surface area contributed by atoms with Crippen LogP contribution in [-0.4, -0.2) is 175 Å². The minimum atomic E-state index is -2.10. The summed E-state index contributed by atoms with van der Waals surface area (Å²) in [4.78, 5) is 0. The number of rotatable bonds is 13. The van der Waals surface area contributed by atoms with Crippen molar-refractivity contribution in [2.75, 3.05) is 19.8 Å². The van der Waals surface area contributed by atoms with E-state index < -0.39 is 124 Å². The van der Waals surface area contributed by atoms with Crippen LogP contribution in [0, 0.1) is 0 Å². The van der Waals surface area contributed by atoms with Gasteiger partial charge in [-0.3, -0.25) is 5.32 Å². The second kappa shape index (κ2) is 15.7. The van der Waals surface area contributed by atoms with Gasteiger partial charge in [-0.15, -0.1) is 0 Å². The summed E-state index contributed by atoms with van der Waals surface area (Å²) < 4.78 is 28.7. The third-order valence-electron chi connectivity index (χ3n) is 8.37. The Labute approximate surface area is 248 Å². The normalized spacial score (nSPS) is 47.3. The van der Waals surface area contributed by atoms with Gasteiger partial charge in [0, 0.05) is 0 Å². The number of nitrogens with two attached hydrogens (primary N) is 2. The summed E-state index contributed by atoms with van der Waals surface area (Å²) in [7, 11) is 0. The van der Waals surface area contributed by atoms with E-state index in [1.54, 1.807) is 13.8 Å². The number of ether oxygens (including phenoxy) is 5. The molecule has 15 N–H and O–H groups in total. The third-order valence-corrected chi connectivity index (χ3v) is 8.37. The summed E-state index contributed by atoms with van der Waals surface area (Å²) in [5, 5.41) is 107. The fourth-order valence-corrected chi connectivity index (χ4v) is 5.62. The lowest BCUT2D eigenvalue weighted by Crippen LogP contribution is -2.74. The van der Waals surface area contributed by atoms with Crippen molar-refractivity contribution in [3.8, 4) is 0 Å². The van der Waals surface area contributed by atoms with Crippen molar-refractivity contribution in [3.05, 3.63) is 0 Å². The van der Waals surface area contributed by atoms with Gasteiger partial charge in [0.2, 0.25) is 0 Å². The molecule has 3 fully saturated rings. The standard InChI is InChI=1S/C25H49N3O15/c1-3-5-11(32)25(8-31)21(37)17(35)14(27)23(43-25)41-20-10(7-30)40-24(15(18(20)36)28-12(33)4-2)42-19-9(6-29)39-22(38)13(26)16(19)34/h9-24,28-38H,3-8,26-27H2,1-2H3/t9-,10-,11?,12?,13-,14-,15-,16-,17-,18-,19?,20?,21+,22-,23+,24+,25-/m1/s1. The first-order chi connectivity index (χ1) is 20.3. The van der Waals surface area contributed by atoms with E-state index in [2.05, 4.69) is 5.32 Å². The molecule has 0 aromatic rings. The zero-order valence-corrected chi connectivity index (χ0v) is 24.1. The molecule has 0 aromatic heterocycles. The molecule has 4 unspecified atom stereocenters. The van der Waals surface area contributed by atoms with Gasteiger partial charge in [0.15, 0.2) is 18.9 Å². The Morgan fingerprint density at radius 3 is 1.95 bits per heavy atom. The van der Waals surface area contributed by atoms with Gasteiger partial charge in [-0.2, -0.15) is 0 Å². The van der Waals surface area contributed by atoms with Gasteiger partial charge in [0.25, 0.3) is 0 Å². The van der Waals surface area contributed by atoms with Crippen LogP contribution in [0.2, 0.25) is 0 Å². The molecule has 254 valence electrons. The van der Waals surface area contributed by atoms with Crippen molar-refractivity contribution < 1.29 is 74.7 Å². The van der Waals surface area contributed by atoms with Gasteiger partial charge in [0.1, 0.15) is 60.7 Å². The van der Waals surface area contributed by atoms with Crippen LogP contribution in [-0.2, 0) is 23.7 Å². The number of hydrogen-bond acceptors (Lipinski definition) is 18. The highest BCUT2D eigenvalue weighted by molar-refractivity contribution is 5.06. The van der Waals surface area contributed by atoms with Crippen molar-refractivity contribution in [3.63, 3.8) is 0 Å². The average molecular weight is 632 g/mol. The Kier molecular flexibility index (Phi) is 13.4. The van der Waals surface area contributed by atoms with Crippen LogP contribution in [0.5, 0.6) is 0 Å². The van der Waals surface area contributed by atoms with Crippen LogP contribution in [0.3, 0.4) is 0 Å². The SMILES string of the molecule is CCCC(O)[C@@]1(CO)O[C@H](OC2[C@@H](CO)O[C@@H](OC3[C@@H](CO)O[C@@H](O)[C@H](N)[C@H]3O)[C@H](NC(O)CC)[C@H]2O)[C@H](N)[C@@H](O)[C@@H]1O. The van der Waals surface area contributed by atoms with Crippen LogP contribution in [0.25, 0.3) is 0 Å². The van der Waals surface area contributed by atoms with Gasteiger partial charge < -0.3 is 86.2 Å². The van der Waals surface area contributed by atoms with Crippen LogP contribution < -0.4 is 16.8 Å². The fraction of sp³-hybridized carbons (Fsp3) is 1.00. The van der Waals surface area contributed by atoms with Crippen LogP contribution >= 0.6 is 0 Å². The Hall–Kier alpha value is -0.720. The molecule has 0 bridgehead atoms. The van der Waals surface area contributed by atoms with E-state index in [0.29, 0.717) is 6.42 Å². The number of nitrogens with one attached hydrogen (secondary N) is 1. The molecule has 17 atom stereocenters. The number of aliphatic hydroxyl groups excluding tert-OH is 10. The first-order valence-corrected chi connectivity index (χ1v) is 14.5. The van der Waals surface area contributed by atoms with E-state index in [1.165, 1.54) is 0 Å². The molecular formula is C25H49N3O15. The molecule has 43 heavy (non-hydrogen) atoms. The van der Waals surface area contributed by atoms with E-state index in [9.17, 15) is 51.1 Å². The molecule has 3 aliphatic heterocycles. The quantitative estimate of drug-likeness (QED) is 0.0840. The molecule has 0 spiro atoms. The monoisotopic (exact) mass is 631 g/mol. The van der Waals surface area contributed by atoms with Crippen LogP contribution in [0.1, 0.15) is 33.1 Å². The third kappa shape index (κ3) is 7.48. The van der Waals surface area contributed by atoms with Gasteiger partial charge in [-0.25, -0.2) is 0 Å². The van der Waals surface area contributed by atoms with Crippen molar-refractivity contribution in [1.29, 1.82) is 0 Å². The topological polar surface area (TPSA) is 313 Å². The molecule has 0 saturated carbocycles. The summed E-state index contributed by atoms with van der Waals surface area (Å²) in [6.07, 6.45) is -19.2. The highest BCUT2D eigenvalue weighted by Crippen LogP contribution is 2.37. The summed E-state index contributed by atoms with van der Waals surface area (Å²) >= 11 is 0. The Morgan fingerprint density at radius 2 is 1.40 bits per heavy atom. The lowest BCUT2D eigenvalue weighted by atomic mass is 9.80. The largest absolute Gasteiger partial charge is 0.394 e. The predicted octanol–water partition coefficient (Wildman–Crippen LogP) is -6.78. The van der Waals surface area contributed by atoms with Crippen molar-refractivity contribution in [2.45, 2.75) is 137 Å². The molecular weight excluding hydrogens is 582 g/mol. The van der Waals surface area contributed by atoms with Crippen molar-refractivity contribution in [1.82, 2.24) is 5.32 Å². The smallest absolute Gasteiger partial charge is 0.176 e. The first-order valence-electron chi connectivity index (χ1n) is 14.5. The minimum absolute atomic E-state index is 0.0763. The molecule has 3 heterocycles. The molecule has 3 saturated heterocycles. The fourth-order valence-electron chi connectivity index (χ4n) is 5.62. The molecule has 0 aromatic carbocycles. The highest BCUT2D eigenvalue weighted by atomic mass is 16.7. The predicted molar refractivity (Wildman–Crippen MR) is 142 cm³/mol. The molecule has 3 aliphatic rings. The minimum Gasteiger partial charge on any atom is -0.394 e. The van der Waals surface area contributed by atoms with Crippen molar-refractivity contribution in [2.24, 2.45) is 11.5 Å². The Bertz CT molecular complexity index is 850. The second-order valence-electron chi connectivity index (χ2n) is 11.3. The molecule has 0 aliphatic carbocycles. The van der Waals surface area contributed by atoms with Crippen molar-refractivity contribution >= 4 is 0 Å². The molecule has 0 radical (unpaired) electrons. The van der Waals surface area contributed by atoms with Gasteiger partial charge in [-0.05, 0) is 12.8 Å². The Morgan fingerprint density at radius 1 is 0.814 bits per heavy atom. The van der Waals surface area contributed by atoms with Crippen LogP contribution in [0.4, 0.5) is 0 Å². The van der Waals surface area contributed by atoms with Gasteiger partial charge in [0.05, 0.1) is 44.1 Å². The summed E-state index contributed by atoms with van der Waals surface area (Å²) in [5.74, 6) is 0. The zero-order valence-electron chi connectivity index (χ0n) is 24.1. The highest BCUT2D eigenvalue weighted by Gasteiger charge is 2.58. The van der Waals surface area contributed by atoms with E-state index in [0.717, 1.165) is 0 Å². The molecule has 18 heteroatoms. The van der Waals surface area contributed by atoms with E-state index in [-0.39, 0.29) is 12.8 Å². The van der Waals surface area contributed by atoms with E-state index >= 15 is 0 Å².